The van der Waals surface area contributed by atoms with Gasteiger partial charge in [0.1, 0.15) is 0 Å². The van der Waals surface area contributed by atoms with Crippen LogP contribution < -0.4 is 5.32 Å². The maximum Gasteiger partial charge on any atom is 0.0590 e. The highest BCUT2D eigenvalue weighted by molar-refractivity contribution is 9.10. The molecule has 0 radical (unpaired) electrons. The minimum absolute atomic E-state index is 0.415. The van der Waals surface area contributed by atoms with Gasteiger partial charge in [-0.1, -0.05) is 28.1 Å². The first-order valence-electron chi connectivity index (χ1n) is 7.23. The number of fused-ring (bicyclic) bond motifs is 1. The second kappa shape index (κ2) is 6.15. The summed E-state index contributed by atoms with van der Waals surface area (Å²) in [6, 6.07) is 13.5. The summed E-state index contributed by atoms with van der Waals surface area (Å²) < 4.78 is 6.62. The van der Waals surface area contributed by atoms with Crippen molar-refractivity contribution in [2.24, 2.45) is 0 Å². The van der Waals surface area contributed by atoms with Gasteiger partial charge in [0, 0.05) is 23.3 Å². The van der Waals surface area contributed by atoms with Gasteiger partial charge in [-0.2, -0.15) is 0 Å². The van der Waals surface area contributed by atoms with Crippen molar-refractivity contribution in [3.05, 3.63) is 40.9 Å². The predicted octanol–water partition coefficient (Wildman–Crippen LogP) is 4.97. The average molecular weight is 334 g/mol. The van der Waals surface area contributed by atoms with Crippen LogP contribution >= 0.6 is 15.9 Å². The standard InChI is InChI=1S/C17H20BrNO/c1-20-17-4-2-3-15(11-17)19-16-8-6-12-9-14(18)7-5-13(12)10-16/h5-10,15,17,19H,2-4,11H2,1H3. The highest BCUT2D eigenvalue weighted by atomic mass is 79.9. The van der Waals surface area contributed by atoms with Crippen LogP contribution in [0.15, 0.2) is 40.9 Å². The molecule has 3 heteroatoms. The summed E-state index contributed by atoms with van der Waals surface area (Å²) in [6.07, 6.45) is 5.20. The third-order valence-electron chi connectivity index (χ3n) is 4.13. The van der Waals surface area contributed by atoms with Gasteiger partial charge in [0.2, 0.25) is 0 Å². The van der Waals surface area contributed by atoms with Crippen molar-refractivity contribution < 1.29 is 4.74 Å². The van der Waals surface area contributed by atoms with Crippen molar-refractivity contribution in [1.82, 2.24) is 0 Å². The van der Waals surface area contributed by atoms with E-state index in [0.29, 0.717) is 12.1 Å². The molecule has 106 valence electrons. The van der Waals surface area contributed by atoms with Crippen LogP contribution in [0.5, 0.6) is 0 Å². The lowest BCUT2D eigenvalue weighted by Gasteiger charge is -2.29. The summed E-state index contributed by atoms with van der Waals surface area (Å²) in [5.41, 5.74) is 1.21. The Morgan fingerprint density at radius 3 is 2.75 bits per heavy atom. The molecule has 20 heavy (non-hydrogen) atoms. The van der Waals surface area contributed by atoms with Gasteiger partial charge in [-0.15, -0.1) is 0 Å². The maximum absolute atomic E-state index is 5.50. The van der Waals surface area contributed by atoms with Crippen molar-refractivity contribution in [3.63, 3.8) is 0 Å². The molecule has 1 fully saturated rings. The van der Waals surface area contributed by atoms with Crippen molar-refractivity contribution >= 4 is 32.4 Å². The Bertz CT molecular complexity index is 599. The molecule has 0 aromatic heterocycles. The zero-order valence-electron chi connectivity index (χ0n) is 11.7. The first kappa shape index (κ1) is 13.9. The number of hydrogen-bond donors (Lipinski definition) is 1. The van der Waals surface area contributed by atoms with E-state index in [4.69, 9.17) is 4.74 Å². The number of halogens is 1. The van der Waals surface area contributed by atoms with Gasteiger partial charge < -0.3 is 10.1 Å². The van der Waals surface area contributed by atoms with Crippen LogP contribution in [0.3, 0.4) is 0 Å². The summed E-state index contributed by atoms with van der Waals surface area (Å²) in [5.74, 6) is 0. The lowest BCUT2D eigenvalue weighted by molar-refractivity contribution is 0.0669. The highest BCUT2D eigenvalue weighted by Gasteiger charge is 2.21. The molecule has 1 aliphatic carbocycles. The Kier molecular flexibility index (Phi) is 4.27. The molecule has 3 rings (SSSR count). The van der Waals surface area contributed by atoms with Gasteiger partial charge in [0.25, 0.3) is 0 Å². The summed E-state index contributed by atoms with van der Waals surface area (Å²) in [6.45, 7) is 0. The molecule has 2 atom stereocenters. The van der Waals surface area contributed by atoms with Crippen LogP contribution in [-0.2, 0) is 4.74 Å². The fourth-order valence-electron chi connectivity index (χ4n) is 3.03. The molecule has 0 saturated heterocycles. The second-order valence-corrected chi connectivity index (χ2v) is 6.49. The molecule has 0 aliphatic heterocycles. The summed E-state index contributed by atoms with van der Waals surface area (Å²) in [7, 11) is 1.82. The topological polar surface area (TPSA) is 21.3 Å². The molecule has 2 aromatic rings. The molecule has 0 heterocycles. The molecule has 2 aromatic carbocycles. The summed E-state index contributed by atoms with van der Waals surface area (Å²) in [4.78, 5) is 0. The van der Waals surface area contributed by atoms with E-state index in [-0.39, 0.29) is 0 Å². The third-order valence-corrected chi connectivity index (χ3v) is 4.63. The molecule has 0 bridgehead atoms. The monoisotopic (exact) mass is 333 g/mol. The van der Waals surface area contributed by atoms with E-state index >= 15 is 0 Å². The van der Waals surface area contributed by atoms with Gasteiger partial charge in [-0.05, 0) is 60.7 Å². The molecule has 1 N–H and O–H groups in total. The Balaban J connectivity index is 1.75. The molecule has 0 spiro atoms. The summed E-state index contributed by atoms with van der Waals surface area (Å²) in [5, 5.41) is 6.20. The largest absolute Gasteiger partial charge is 0.382 e. The number of hydrogen-bond acceptors (Lipinski definition) is 2. The van der Waals surface area contributed by atoms with E-state index in [1.807, 2.05) is 7.11 Å². The first-order valence-corrected chi connectivity index (χ1v) is 8.02. The van der Waals surface area contributed by atoms with E-state index < -0.39 is 0 Å². The molecule has 2 nitrogen and oxygen atoms in total. The fourth-order valence-corrected chi connectivity index (χ4v) is 3.41. The Morgan fingerprint density at radius 2 is 1.90 bits per heavy atom. The second-order valence-electron chi connectivity index (χ2n) is 5.57. The number of nitrogens with one attached hydrogen (secondary N) is 1. The van der Waals surface area contributed by atoms with Crippen LogP contribution in [0.2, 0.25) is 0 Å². The number of rotatable bonds is 3. The Hall–Kier alpha value is -1.06. The van der Waals surface area contributed by atoms with Crippen LogP contribution in [0.4, 0.5) is 5.69 Å². The smallest absolute Gasteiger partial charge is 0.0590 e. The first-order chi connectivity index (χ1) is 9.74. The zero-order valence-corrected chi connectivity index (χ0v) is 13.3. The van der Waals surface area contributed by atoms with E-state index in [9.17, 15) is 0 Å². The van der Waals surface area contributed by atoms with Crippen molar-refractivity contribution in [2.75, 3.05) is 12.4 Å². The number of methoxy groups -OCH3 is 1. The van der Waals surface area contributed by atoms with Crippen LogP contribution in [0.1, 0.15) is 25.7 Å². The predicted molar refractivity (Wildman–Crippen MR) is 88.3 cm³/mol. The maximum atomic E-state index is 5.50. The summed E-state index contributed by atoms with van der Waals surface area (Å²) >= 11 is 3.52. The molecule has 1 aliphatic rings. The van der Waals surface area contributed by atoms with Crippen LogP contribution in [0, 0.1) is 0 Å². The SMILES string of the molecule is COC1CCCC(Nc2ccc3cc(Br)ccc3c2)C1. The highest BCUT2D eigenvalue weighted by Crippen LogP contribution is 2.27. The van der Waals surface area contributed by atoms with Gasteiger partial charge in [-0.3, -0.25) is 0 Å². The molecule has 0 amide bonds. The number of benzene rings is 2. The minimum atomic E-state index is 0.415. The van der Waals surface area contributed by atoms with Gasteiger partial charge in [-0.25, -0.2) is 0 Å². The van der Waals surface area contributed by atoms with Gasteiger partial charge in [0.15, 0.2) is 0 Å². The van der Waals surface area contributed by atoms with E-state index in [1.165, 1.54) is 35.7 Å². The van der Waals surface area contributed by atoms with Crippen molar-refractivity contribution in [2.45, 2.75) is 37.8 Å². The normalized spacial score (nSPS) is 22.9. The Labute approximate surface area is 128 Å². The lowest BCUT2D eigenvalue weighted by atomic mass is 9.92. The minimum Gasteiger partial charge on any atom is -0.382 e. The molecular weight excluding hydrogens is 314 g/mol. The number of anilines is 1. The van der Waals surface area contributed by atoms with E-state index in [1.54, 1.807) is 0 Å². The fraction of sp³-hybridized carbons (Fsp3) is 0.412. The molecule has 1 saturated carbocycles. The van der Waals surface area contributed by atoms with E-state index in [2.05, 4.69) is 57.6 Å². The number of ether oxygens (including phenoxy) is 1. The lowest BCUT2D eigenvalue weighted by Crippen LogP contribution is -2.30. The van der Waals surface area contributed by atoms with E-state index in [0.717, 1.165) is 10.9 Å². The van der Waals surface area contributed by atoms with Gasteiger partial charge >= 0.3 is 0 Å². The average Bonchev–Trinajstić information content (AvgIpc) is 2.47. The third kappa shape index (κ3) is 3.15. The van der Waals surface area contributed by atoms with Gasteiger partial charge in [0.05, 0.1) is 6.10 Å². The Morgan fingerprint density at radius 1 is 1.10 bits per heavy atom. The van der Waals surface area contributed by atoms with Crippen molar-refractivity contribution in [1.29, 1.82) is 0 Å². The van der Waals surface area contributed by atoms with Crippen LogP contribution in [0.25, 0.3) is 10.8 Å². The zero-order chi connectivity index (χ0) is 13.9. The quantitative estimate of drug-likeness (QED) is 0.855. The van der Waals surface area contributed by atoms with Crippen molar-refractivity contribution in [3.8, 4) is 0 Å². The van der Waals surface area contributed by atoms with Crippen LogP contribution in [-0.4, -0.2) is 19.3 Å². The molecular formula is C17H20BrNO. The molecule has 2 unspecified atom stereocenters.